The standard InChI is InChI=1S/C6H8ClNS.ClH/c1-5-4-9-6(8-5)2-3-7;/h4H,2-3H2,1H3;1H. The van der Waals surface area contributed by atoms with E-state index in [1.54, 1.807) is 11.3 Å². The highest BCUT2D eigenvalue weighted by Gasteiger charge is 1.94. The number of aromatic nitrogens is 1. The largest absolute Gasteiger partial charge is 0.247 e. The molecule has 0 N–H and O–H groups in total. The van der Waals surface area contributed by atoms with Crippen LogP contribution in [0.5, 0.6) is 0 Å². The fourth-order valence-corrected chi connectivity index (χ4v) is 1.67. The zero-order chi connectivity index (χ0) is 6.69. The summed E-state index contributed by atoms with van der Waals surface area (Å²) < 4.78 is 0. The molecular formula is C6H9Cl2NS. The third kappa shape index (κ3) is 2.86. The third-order valence-electron chi connectivity index (χ3n) is 0.975. The quantitative estimate of drug-likeness (QED) is 0.665. The zero-order valence-corrected chi connectivity index (χ0v) is 8.02. The molecule has 0 saturated heterocycles. The summed E-state index contributed by atoms with van der Waals surface area (Å²) in [6, 6.07) is 0. The molecule has 1 aromatic rings. The minimum atomic E-state index is 0. The van der Waals surface area contributed by atoms with E-state index < -0.39 is 0 Å². The maximum absolute atomic E-state index is 5.51. The molecule has 0 atom stereocenters. The second-order valence-corrected chi connectivity index (χ2v) is 3.14. The molecule has 0 unspecified atom stereocenters. The molecule has 0 aliphatic carbocycles. The fourth-order valence-electron chi connectivity index (χ4n) is 0.598. The highest BCUT2D eigenvalue weighted by Crippen LogP contribution is 2.09. The Morgan fingerprint density at radius 1 is 1.70 bits per heavy atom. The number of halogens is 2. The van der Waals surface area contributed by atoms with Crippen molar-refractivity contribution in [2.75, 3.05) is 5.88 Å². The smallest absolute Gasteiger partial charge is 0.0939 e. The third-order valence-corrected chi connectivity index (χ3v) is 2.19. The summed E-state index contributed by atoms with van der Waals surface area (Å²) in [6.45, 7) is 1.99. The summed E-state index contributed by atoms with van der Waals surface area (Å²) in [6.07, 6.45) is 0.903. The van der Waals surface area contributed by atoms with E-state index in [0.29, 0.717) is 5.88 Å². The molecule has 0 amide bonds. The van der Waals surface area contributed by atoms with Crippen molar-refractivity contribution in [2.24, 2.45) is 0 Å². The summed E-state index contributed by atoms with van der Waals surface area (Å²) in [7, 11) is 0. The van der Waals surface area contributed by atoms with Crippen molar-refractivity contribution in [2.45, 2.75) is 13.3 Å². The van der Waals surface area contributed by atoms with E-state index in [1.807, 2.05) is 12.3 Å². The molecule has 0 bridgehead atoms. The van der Waals surface area contributed by atoms with E-state index in [0.717, 1.165) is 17.1 Å². The number of rotatable bonds is 2. The van der Waals surface area contributed by atoms with Gasteiger partial charge in [-0.2, -0.15) is 0 Å². The first-order chi connectivity index (χ1) is 4.33. The highest BCUT2D eigenvalue weighted by molar-refractivity contribution is 7.09. The van der Waals surface area contributed by atoms with Gasteiger partial charge in [0.15, 0.2) is 0 Å². The van der Waals surface area contributed by atoms with Gasteiger partial charge in [-0.05, 0) is 6.92 Å². The lowest BCUT2D eigenvalue weighted by Gasteiger charge is -1.84. The fraction of sp³-hybridized carbons (Fsp3) is 0.500. The molecule has 4 heteroatoms. The van der Waals surface area contributed by atoms with Gasteiger partial charge in [-0.3, -0.25) is 0 Å². The van der Waals surface area contributed by atoms with Crippen LogP contribution in [0.2, 0.25) is 0 Å². The molecule has 0 aromatic carbocycles. The predicted molar refractivity (Wildman–Crippen MR) is 48.5 cm³/mol. The van der Waals surface area contributed by atoms with Gasteiger partial charge >= 0.3 is 0 Å². The Balaban J connectivity index is 0.000000810. The number of hydrogen-bond acceptors (Lipinski definition) is 2. The summed E-state index contributed by atoms with van der Waals surface area (Å²) >= 11 is 7.19. The molecule has 0 radical (unpaired) electrons. The summed E-state index contributed by atoms with van der Waals surface area (Å²) in [5.74, 6) is 0.674. The van der Waals surface area contributed by atoms with Crippen LogP contribution in [-0.2, 0) is 6.42 Å². The van der Waals surface area contributed by atoms with Gasteiger partial charge < -0.3 is 0 Å². The normalized spacial score (nSPS) is 9.00. The van der Waals surface area contributed by atoms with Crippen LogP contribution in [0.25, 0.3) is 0 Å². The number of alkyl halides is 1. The summed E-state index contributed by atoms with van der Waals surface area (Å²) in [5.41, 5.74) is 1.10. The Morgan fingerprint density at radius 2 is 2.40 bits per heavy atom. The van der Waals surface area contributed by atoms with Crippen LogP contribution >= 0.6 is 35.3 Å². The monoisotopic (exact) mass is 197 g/mol. The minimum absolute atomic E-state index is 0. The molecule has 0 aliphatic rings. The van der Waals surface area contributed by atoms with E-state index in [2.05, 4.69) is 4.98 Å². The minimum Gasteiger partial charge on any atom is -0.247 e. The van der Waals surface area contributed by atoms with Crippen LogP contribution in [0.4, 0.5) is 0 Å². The SMILES string of the molecule is Cc1csc(CCCl)n1.Cl. The molecule has 0 aliphatic heterocycles. The molecule has 0 fully saturated rings. The van der Waals surface area contributed by atoms with Gasteiger partial charge in [0.25, 0.3) is 0 Å². The Kier molecular flexibility index (Phi) is 5.04. The van der Waals surface area contributed by atoms with Crippen LogP contribution in [-0.4, -0.2) is 10.9 Å². The van der Waals surface area contributed by atoms with E-state index in [1.165, 1.54) is 0 Å². The van der Waals surface area contributed by atoms with E-state index in [-0.39, 0.29) is 12.4 Å². The van der Waals surface area contributed by atoms with Gasteiger partial charge in [0.05, 0.1) is 5.01 Å². The van der Waals surface area contributed by atoms with E-state index in [4.69, 9.17) is 11.6 Å². The second kappa shape index (κ2) is 4.94. The first-order valence-electron chi connectivity index (χ1n) is 2.80. The lowest BCUT2D eigenvalue weighted by molar-refractivity contribution is 1.07. The average molecular weight is 198 g/mol. The highest BCUT2D eigenvalue weighted by atomic mass is 35.5. The Bertz CT molecular complexity index is 188. The zero-order valence-electron chi connectivity index (χ0n) is 5.63. The Labute approximate surface area is 75.8 Å². The van der Waals surface area contributed by atoms with Gasteiger partial charge in [0, 0.05) is 23.4 Å². The Hall–Kier alpha value is 0.210. The number of hydrogen-bond donors (Lipinski definition) is 0. The van der Waals surface area contributed by atoms with Gasteiger partial charge in [-0.15, -0.1) is 35.3 Å². The molecule has 1 heterocycles. The van der Waals surface area contributed by atoms with Crippen molar-refractivity contribution >= 4 is 35.3 Å². The van der Waals surface area contributed by atoms with Crippen LogP contribution in [0.15, 0.2) is 5.38 Å². The van der Waals surface area contributed by atoms with Gasteiger partial charge in [-0.1, -0.05) is 0 Å². The average Bonchev–Trinajstić information content (AvgIpc) is 2.17. The summed E-state index contributed by atoms with van der Waals surface area (Å²) in [5, 5.41) is 3.18. The molecule has 1 nitrogen and oxygen atoms in total. The van der Waals surface area contributed by atoms with Crippen LogP contribution in [0.3, 0.4) is 0 Å². The Morgan fingerprint density at radius 3 is 2.80 bits per heavy atom. The van der Waals surface area contributed by atoms with Crippen LogP contribution in [0, 0.1) is 6.92 Å². The maximum atomic E-state index is 5.51. The molecule has 0 saturated carbocycles. The predicted octanol–water partition coefficient (Wildman–Crippen LogP) is 2.65. The van der Waals surface area contributed by atoms with Crippen LogP contribution < -0.4 is 0 Å². The van der Waals surface area contributed by atoms with Crippen LogP contribution in [0.1, 0.15) is 10.7 Å². The van der Waals surface area contributed by atoms with E-state index in [9.17, 15) is 0 Å². The number of nitrogens with zero attached hydrogens (tertiary/aromatic N) is 1. The molecule has 0 spiro atoms. The topological polar surface area (TPSA) is 12.9 Å². The molecular weight excluding hydrogens is 189 g/mol. The lowest BCUT2D eigenvalue weighted by atomic mass is 10.5. The lowest BCUT2D eigenvalue weighted by Crippen LogP contribution is -1.83. The van der Waals surface area contributed by atoms with Crippen molar-refractivity contribution in [1.29, 1.82) is 0 Å². The van der Waals surface area contributed by atoms with Gasteiger partial charge in [0.1, 0.15) is 0 Å². The maximum Gasteiger partial charge on any atom is 0.0939 e. The van der Waals surface area contributed by atoms with Crippen molar-refractivity contribution in [3.63, 3.8) is 0 Å². The summed E-state index contributed by atoms with van der Waals surface area (Å²) in [4.78, 5) is 4.23. The van der Waals surface area contributed by atoms with Crippen molar-refractivity contribution in [1.82, 2.24) is 4.98 Å². The molecule has 10 heavy (non-hydrogen) atoms. The first-order valence-corrected chi connectivity index (χ1v) is 4.21. The van der Waals surface area contributed by atoms with Crippen molar-refractivity contribution in [3.8, 4) is 0 Å². The first kappa shape index (κ1) is 10.2. The van der Waals surface area contributed by atoms with Gasteiger partial charge in [-0.25, -0.2) is 4.98 Å². The number of thiazole rings is 1. The molecule has 1 aromatic heterocycles. The second-order valence-electron chi connectivity index (χ2n) is 1.82. The number of aryl methyl sites for hydroxylation is 2. The van der Waals surface area contributed by atoms with Crippen molar-refractivity contribution in [3.05, 3.63) is 16.1 Å². The molecule has 58 valence electrons. The molecule has 1 rings (SSSR count). The van der Waals surface area contributed by atoms with Gasteiger partial charge in [0.2, 0.25) is 0 Å². The van der Waals surface area contributed by atoms with E-state index >= 15 is 0 Å². The van der Waals surface area contributed by atoms with Crippen molar-refractivity contribution < 1.29 is 0 Å².